The molecule has 0 bridgehead atoms. The van der Waals surface area contributed by atoms with E-state index in [9.17, 15) is 0 Å². The van der Waals surface area contributed by atoms with E-state index in [4.69, 9.17) is 9.90 Å². The van der Waals surface area contributed by atoms with Crippen molar-refractivity contribution in [3.8, 4) is 0 Å². The SMILES string of the molecule is NC(=O)O.[Na+]. The van der Waals surface area contributed by atoms with E-state index >= 15 is 0 Å². The molecule has 0 aromatic carbocycles. The van der Waals surface area contributed by atoms with Crippen molar-refractivity contribution in [2.45, 2.75) is 0 Å². The van der Waals surface area contributed by atoms with Gasteiger partial charge in [0.2, 0.25) is 0 Å². The van der Waals surface area contributed by atoms with E-state index in [0.29, 0.717) is 0 Å². The predicted octanol–water partition coefficient (Wildman–Crippen LogP) is -3.37. The average molecular weight is 84.0 g/mol. The monoisotopic (exact) mass is 84.0 g/mol. The van der Waals surface area contributed by atoms with Crippen molar-refractivity contribution >= 4 is 6.09 Å². The average Bonchev–Trinajstić information content (AvgIpc) is 0.811. The summed E-state index contributed by atoms with van der Waals surface area (Å²) < 4.78 is 0. The van der Waals surface area contributed by atoms with Gasteiger partial charge in [-0.05, 0) is 0 Å². The van der Waals surface area contributed by atoms with Crippen molar-refractivity contribution in [1.82, 2.24) is 0 Å². The molecular weight excluding hydrogens is 81.0 g/mol. The standard InChI is InChI=1S/CH3NO2.Na/c2-1(3)4;/h2H2,(H,3,4);/q;+1. The van der Waals surface area contributed by atoms with Crippen molar-refractivity contribution in [1.29, 1.82) is 0 Å². The van der Waals surface area contributed by atoms with Crippen LogP contribution in [0.3, 0.4) is 0 Å². The molecule has 0 atom stereocenters. The van der Waals surface area contributed by atoms with Crippen LogP contribution in [0, 0.1) is 0 Å². The van der Waals surface area contributed by atoms with Crippen molar-refractivity contribution in [2.75, 3.05) is 0 Å². The Morgan fingerprint density at radius 1 is 1.80 bits per heavy atom. The van der Waals surface area contributed by atoms with Crippen LogP contribution < -0.4 is 35.3 Å². The third-order valence-corrected chi connectivity index (χ3v) is 0. The quantitative estimate of drug-likeness (QED) is 0.301. The Hall–Kier alpha value is 0.270. The molecular formula is CH3NNaO2+. The van der Waals surface area contributed by atoms with Crippen LogP contribution in [-0.2, 0) is 0 Å². The van der Waals surface area contributed by atoms with Crippen molar-refractivity contribution in [2.24, 2.45) is 5.73 Å². The minimum atomic E-state index is -1.33. The van der Waals surface area contributed by atoms with Crippen LogP contribution >= 0.6 is 0 Å². The molecule has 0 unspecified atom stereocenters. The normalized spacial score (nSPS) is 4.80. The fourth-order valence-corrected chi connectivity index (χ4v) is 0. The van der Waals surface area contributed by atoms with Crippen LogP contribution in [0.25, 0.3) is 0 Å². The third kappa shape index (κ3) is 302. The van der Waals surface area contributed by atoms with E-state index in [1.165, 1.54) is 0 Å². The second kappa shape index (κ2) is 4.27. The summed E-state index contributed by atoms with van der Waals surface area (Å²) in [7, 11) is 0. The molecule has 0 aliphatic carbocycles. The second-order valence-electron chi connectivity index (χ2n) is 0.338. The zero-order valence-electron chi connectivity index (χ0n) is 2.93. The summed E-state index contributed by atoms with van der Waals surface area (Å²) in [4.78, 5) is 8.78. The first kappa shape index (κ1) is 8.99. The summed E-state index contributed by atoms with van der Waals surface area (Å²) in [6.07, 6.45) is -1.33. The number of carbonyl (C=O) groups is 1. The molecule has 24 valence electrons. The van der Waals surface area contributed by atoms with Gasteiger partial charge in [-0.1, -0.05) is 0 Å². The molecule has 0 aromatic rings. The molecule has 0 aromatic heterocycles. The molecule has 0 aliphatic heterocycles. The predicted molar refractivity (Wildman–Crippen MR) is 12.2 cm³/mol. The van der Waals surface area contributed by atoms with Crippen LogP contribution in [-0.4, -0.2) is 11.2 Å². The Morgan fingerprint density at radius 2 is 1.80 bits per heavy atom. The van der Waals surface area contributed by atoms with Gasteiger partial charge in [0.15, 0.2) is 0 Å². The van der Waals surface area contributed by atoms with Crippen molar-refractivity contribution in [3.63, 3.8) is 0 Å². The maximum atomic E-state index is 8.78. The number of rotatable bonds is 0. The van der Waals surface area contributed by atoms with E-state index in [1.807, 2.05) is 0 Å². The molecule has 0 aliphatic rings. The fourth-order valence-electron chi connectivity index (χ4n) is 0. The summed E-state index contributed by atoms with van der Waals surface area (Å²) in [5.41, 5.74) is 4.03. The number of amides is 1. The summed E-state index contributed by atoms with van der Waals surface area (Å²) >= 11 is 0. The molecule has 0 heterocycles. The first-order valence-electron chi connectivity index (χ1n) is 0.716. The first-order chi connectivity index (χ1) is 1.73. The molecule has 5 heavy (non-hydrogen) atoms. The summed E-state index contributed by atoms with van der Waals surface area (Å²) in [5.74, 6) is 0. The van der Waals surface area contributed by atoms with E-state index in [-0.39, 0.29) is 29.6 Å². The van der Waals surface area contributed by atoms with Gasteiger partial charge in [0.1, 0.15) is 0 Å². The van der Waals surface area contributed by atoms with Gasteiger partial charge in [0.05, 0.1) is 0 Å². The summed E-state index contributed by atoms with van der Waals surface area (Å²) in [6.45, 7) is 0. The largest absolute Gasteiger partial charge is 1.00 e. The zero-order valence-corrected chi connectivity index (χ0v) is 4.93. The Labute approximate surface area is 51.4 Å². The fraction of sp³-hybridized carbons (Fsp3) is 0. The van der Waals surface area contributed by atoms with Crippen LogP contribution in [0.1, 0.15) is 0 Å². The minimum absolute atomic E-state index is 0. The topological polar surface area (TPSA) is 63.3 Å². The molecule has 1 amide bonds. The van der Waals surface area contributed by atoms with Gasteiger partial charge in [0, 0.05) is 0 Å². The van der Waals surface area contributed by atoms with Crippen LogP contribution in [0.4, 0.5) is 4.79 Å². The molecule has 0 rings (SSSR count). The number of hydrogen-bond donors (Lipinski definition) is 2. The third-order valence-electron chi connectivity index (χ3n) is 0. The van der Waals surface area contributed by atoms with Gasteiger partial charge >= 0.3 is 35.7 Å². The Bertz CT molecular complexity index is 32.6. The number of hydrogen-bond acceptors (Lipinski definition) is 1. The molecule has 3 nitrogen and oxygen atoms in total. The Balaban J connectivity index is 0. The first-order valence-corrected chi connectivity index (χ1v) is 0.716. The van der Waals surface area contributed by atoms with Crippen LogP contribution in [0.5, 0.6) is 0 Å². The van der Waals surface area contributed by atoms with Gasteiger partial charge in [-0.25, -0.2) is 4.79 Å². The van der Waals surface area contributed by atoms with Gasteiger partial charge in [-0.2, -0.15) is 0 Å². The molecule has 3 N–H and O–H groups in total. The molecule has 0 saturated carbocycles. The second-order valence-corrected chi connectivity index (χ2v) is 0.338. The summed E-state index contributed by atoms with van der Waals surface area (Å²) in [6, 6.07) is 0. The molecule has 0 saturated heterocycles. The Morgan fingerprint density at radius 3 is 1.80 bits per heavy atom. The van der Waals surface area contributed by atoms with Crippen molar-refractivity contribution in [3.05, 3.63) is 0 Å². The molecule has 4 heteroatoms. The van der Waals surface area contributed by atoms with Gasteiger partial charge < -0.3 is 10.8 Å². The number of carboxylic acid groups (broad SMARTS) is 1. The van der Waals surface area contributed by atoms with E-state index in [0.717, 1.165) is 0 Å². The van der Waals surface area contributed by atoms with E-state index in [2.05, 4.69) is 5.73 Å². The van der Waals surface area contributed by atoms with Crippen LogP contribution in [0.2, 0.25) is 0 Å². The number of primary amides is 1. The van der Waals surface area contributed by atoms with Crippen molar-refractivity contribution < 1.29 is 39.5 Å². The zero-order chi connectivity index (χ0) is 3.58. The molecule has 0 radical (unpaired) electrons. The molecule has 0 spiro atoms. The van der Waals surface area contributed by atoms with Gasteiger partial charge in [-0.3, -0.25) is 0 Å². The molecule has 0 fully saturated rings. The number of nitrogens with two attached hydrogens (primary N) is 1. The minimum Gasteiger partial charge on any atom is -0.465 e. The summed E-state index contributed by atoms with van der Waals surface area (Å²) in [5, 5.41) is 7.19. The van der Waals surface area contributed by atoms with Gasteiger partial charge in [-0.15, -0.1) is 0 Å². The maximum Gasteiger partial charge on any atom is 1.00 e. The maximum absolute atomic E-state index is 8.78. The smallest absolute Gasteiger partial charge is 0.465 e. The van der Waals surface area contributed by atoms with E-state index in [1.54, 1.807) is 0 Å². The Kier molecular flexibility index (Phi) is 7.67. The van der Waals surface area contributed by atoms with Crippen LogP contribution in [0.15, 0.2) is 0 Å². The van der Waals surface area contributed by atoms with E-state index < -0.39 is 6.09 Å². The van der Waals surface area contributed by atoms with Gasteiger partial charge in [0.25, 0.3) is 0 Å².